The molecule has 4 aromatic rings. The summed E-state index contributed by atoms with van der Waals surface area (Å²) >= 11 is 0. The second-order valence-electron chi connectivity index (χ2n) is 5.67. The summed E-state index contributed by atoms with van der Waals surface area (Å²) < 4.78 is 2.12. The molecule has 25 heavy (non-hydrogen) atoms. The average Bonchev–Trinajstić information content (AvgIpc) is 3.02. The predicted octanol–water partition coefficient (Wildman–Crippen LogP) is 4.05. The van der Waals surface area contributed by atoms with Gasteiger partial charge in [-0.2, -0.15) is 0 Å². The van der Waals surface area contributed by atoms with Gasteiger partial charge in [0.2, 0.25) is 0 Å². The summed E-state index contributed by atoms with van der Waals surface area (Å²) in [5.74, 6) is 0.849. The zero-order chi connectivity index (χ0) is 17.2. The molecule has 0 amide bonds. The number of para-hydroxylation sites is 2. The highest BCUT2D eigenvalue weighted by atomic mass is 16.6. The Morgan fingerprint density at radius 1 is 0.960 bits per heavy atom. The van der Waals surface area contributed by atoms with Crippen LogP contribution in [0.1, 0.15) is 5.56 Å². The molecule has 6 nitrogen and oxygen atoms in total. The van der Waals surface area contributed by atoms with Gasteiger partial charge >= 0.3 is 0 Å². The van der Waals surface area contributed by atoms with Crippen LogP contribution in [0.25, 0.3) is 22.4 Å². The fourth-order valence-electron chi connectivity index (χ4n) is 2.86. The van der Waals surface area contributed by atoms with Gasteiger partial charge in [0.1, 0.15) is 5.82 Å². The maximum atomic E-state index is 10.8. The number of hydrogen-bond donors (Lipinski definition) is 0. The van der Waals surface area contributed by atoms with E-state index in [1.165, 1.54) is 12.1 Å². The van der Waals surface area contributed by atoms with Crippen LogP contribution >= 0.6 is 0 Å². The zero-order valence-electron chi connectivity index (χ0n) is 13.2. The number of non-ortho nitro benzene ring substituents is 1. The molecule has 0 saturated heterocycles. The molecule has 122 valence electrons. The Labute approximate surface area is 143 Å². The SMILES string of the molecule is O=[N+]([O-])c1ccc(Cn2c(-c3ccncc3)nc3ccccc32)cc1. The Kier molecular flexibility index (Phi) is 3.70. The third-order valence-corrected chi connectivity index (χ3v) is 4.08. The van der Waals surface area contributed by atoms with Crippen molar-refractivity contribution in [3.63, 3.8) is 0 Å². The largest absolute Gasteiger partial charge is 0.319 e. The van der Waals surface area contributed by atoms with Gasteiger partial charge in [-0.25, -0.2) is 4.98 Å². The van der Waals surface area contributed by atoms with Crippen LogP contribution in [0.5, 0.6) is 0 Å². The minimum Gasteiger partial charge on any atom is -0.319 e. The Balaban J connectivity index is 1.81. The highest BCUT2D eigenvalue weighted by molar-refractivity contribution is 5.80. The van der Waals surface area contributed by atoms with Crippen molar-refractivity contribution in [3.05, 3.63) is 88.7 Å². The van der Waals surface area contributed by atoms with Crippen molar-refractivity contribution in [2.75, 3.05) is 0 Å². The maximum Gasteiger partial charge on any atom is 0.269 e. The molecule has 0 atom stereocenters. The number of hydrogen-bond acceptors (Lipinski definition) is 4. The molecule has 0 radical (unpaired) electrons. The van der Waals surface area contributed by atoms with Crippen LogP contribution in [0, 0.1) is 10.1 Å². The van der Waals surface area contributed by atoms with Crippen molar-refractivity contribution in [3.8, 4) is 11.4 Å². The first-order valence-corrected chi connectivity index (χ1v) is 7.81. The first-order valence-electron chi connectivity index (χ1n) is 7.81. The summed E-state index contributed by atoms with van der Waals surface area (Å²) in [4.78, 5) is 19.3. The summed E-state index contributed by atoms with van der Waals surface area (Å²) in [5.41, 5.74) is 3.98. The Morgan fingerprint density at radius 2 is 1.68 bits per heavy atom. The fourth-order valence-corrected chi connectivity index (χ4v) is 2.86. The van der Waals surface area contributed by atoms with Crippen molar-refractivity contribution < 1.29 is 4.92 Å². The normalized spacial score (nSPS) is 10.9. The van der Waals surface area contributed by atoms with Crippen molar-refractivity contribution in [1.82, 2.24) is 14.5 Å². The summed E-state index contributed by atoms with van der Waals surface area (Å²) in [6.45, 7) is 0.580. The lowest BCUT2D eigenvalue weighted by Gasteiger charge is -2.09. The van der Waals surface area contributed by atoms with E-state index in [0.717, 1.165) is 28.0 Å². The molecule has 0 spiro atoms. The quantitative estimate of drug-likeness (QED) is 0.418. The molecule has 0 unspecified atom stereocenters. The van der Waals surface area contributed by atoms with Gasteiger partial charge in [-0.15, -0.1) is 0 Å². The molecule has 2 aromatic carbocycles. The molecule has 4 rings (SSSR count). The third kappa shape index (κ3) is 2.85. The van der Waals surface area contributed by atoms with Gasteiger partial charge in [-0.05, 0) is 29.8 Å². The van der Waals surface area contributed by atoms with E-state index in [2.05, 4.69) is 9.55 Å². The predicted molar refractivity (Wildman–Crippen MR) is 95.2 cm³/mol. The van der Waals surface area contributed by atoms with Gasteiger partial charge in [0.05, 0.1) is 16.0 Å². The summed E-state index contributed by atoms with van der Waals surface area (Å²) in [7, 11) is 0. The average molecular weight is 330 g/mol. The Morgan fingerprint density at radius 3 is 2.40 bits per heavy atom. The maximum absolute atomic E-state index is 10.8. The molecule has 0 aliphatic carbocycles. The van der Waals surface area contributed by atoms with Gasteiger partial charge in [0, 0.05) is 36.6 Å². The van der Waals surface area contributed by atoms with Crippen LogP contribution in [-0.4, -0.2) is 19.5 Å². The van der Waals surface area contributed by atoms with E-state index in [0.29, 0.717) is 6.54 Å². The van der Waals surface area contributed by atoms with Crippen LogP contribution in [0.4, 0.5) is 5.69 Å². The molecule has 6 heteroatoms. The van der Waals surface area contributed by atoms with E-state index in [-0.39, 0.29) is 5.69 Å². The minimum atomic E-state index is -0.390. The smallest absolute Gasteiger partial charge is 0.269 e. The minimum absolute atomic E-state index is 0.0913. The first kappa shape index (κ1) is 15.0. The number of aromatic nitrogens is 3. The number of rotatable bonds is 4. The molecule has 0 bridgehead atoms. The molecule has 2 heterocycles. The molecule has 0 fully saturated rings. The van der Waals surface area contributed by atoms with Crippen LogP contribution in [-0.2, 0) is 6.54 Å². The van der Waals surface area contributed by atoms with Crippen LogP contribution < -0.4 is 0 Å². The topological polar surface area (TPSA) is 73.8 Å². The second-order valence-corrected chi connectivity index (χ2v) is 5.67. The van der Waals surface area contributed by atoms with E-state index in [9.17, 15) is 10.1 Å². The number of fused-ring (bicyclic) bond motifs is 1. The Bertz CT molecular complexity index is 1040. The summed E-state index contributed by atoms with van der Waals surface area (Å²) in [6, 6.07) is 18.4. The van der Waals surface area contributed by atoms with Crippen molar-refractivity contribution in [2.45, 2.75) is 6.54 Å². The van der Waals surface area contributed by atoms with Crippen molar-refractivity contribution in [2.24, 2.45) is 0 Å². The molecule has 0 aliphatic heterocycles. The standard InChI is InChI=1S/C19H14N4O2/c24-23(25)16-7-5-14(6-8-16)13-22-18-4-2-1-3-17(18)21-19(22)15-9-11-20-12-10-15/h1-12H,13H2. The number of imidazole rings is 1. The van der Waals surface area contributed by atoms with Crippen LogP contribution in [0.3, 0.4) is 0 Å². The number of nitro groups is 1. The monoisotopic (exact) mass is 330 g/mol. The number of nitro benzene ring substituents is 1. The van der Waals surface area contributed by atoms with Crippen molar-refractivity contribution >= 4 is 16.7 Å². The van der Waals surface area contributed by atoms with Gasteiger partial charge in [0.25, 0.3) is 5.69 Å². The van der Waals surface area contributed by atoms with E-state index in [1.54, 1.807) is 24.5 Å². The van der Waals surface area contributed by atoms with Gasteiger partial charge in [-0.1, -0.05) is 24.3 Å². The van der Waals surface area contributed by atoms with E-state index >= 15 is 0 Å². The first-order chi connectivity index (χ1) is 12.2. The van der Waals surface area contributed by atoms with Gasteiger partial charge in [0.15, 0.2) is 0 Å². The molecule has 0 saturated carbocycles. The van der Waals surface area contributed by atoms with Gasteiger partial charge < -0.3 is 4.57 Å². The molecule has 0 N–H and O–H groups in total. The lowest BCUT2D eigenvalue weighted by atomic mass is 10.2. The number of pyridine rings is 1. The highest BCUT2D eigenvalue weighted by Gasteiger charge is 2.13. The summed E-state index contributed by atoms with van der Waals surface area (Å²) in [5, 5.41) is 10.8. The molecule has 2 aromatic heterocycles. The lowest BCUT2D eigenvalue weighted by Crippen LogP contribution is -2.02. The van der Waals surface area contributed by atoms with E-state index in [4.69, 9.17) is 4.98 Å². The summed E-state index contributed by atoms with van der Waals surface area (Å²) in [6.07, 6.45) is 3.48. The number of benzene rings is 2. The lowest BCUT2D eigenvalue weighted by molar-refractivity contribution is -0.384. The molecular weight excluding hydrogens is 316 g/mol. The molecular formula is C19H14N4O2. The third-order valence-electron chi connectivity index (χ3n) is 4.08. The van der Waals surface area contributed by atoms with E-state index in [1.807, 2.05) is 36.4 Å². The van der Waals surface area contributed by atoms with Crippen LogP contribution in [0.2, 0.25) is 0 Å². The highest BCUT2D eigenvalue weighted by Crippen LogP contribution is 2.26. The van der Waals surface area contributed by atoms with Crippen LogP contribution in [0.15, 0.2) is 73.1 Å². The fraction of sp³-hybridized carbons (Fsp3) is 0.0526. The molecule has 0 aliphatic rings. The Hall–Kier alpha value is -3.54. The van der Waals surface area contributed by atoms with Crippen molar-refractivity contribution in [1.29, 1.82) is 0 Å². The van der Waals surface area contributed by atoms with E-state index < -0.39 is 4.92 Å². The number of nitrogens with zero attached hydrogens (tertiary/aromatic N) is 4. The second kappa shape index (κ2) is 6.16. The zero-order valence-corrected chi connectivity index (χ0v) is 13.2. The van der Waals surface area contributed by atoms with Gasteiger partial charge in [-0.3, -0.25) is 15.1 Å².